The van der Waals surface area contributed by atoms with Gasteiger partial charge in [-0.1, -0.05) is 48.0 Å². The minimum atomic E-state index is -4.66. The monoisotopic (exact) mass is 606 g/mol. The Bertz CT molecular complexity index is 1850. The summed E-state index contributed by atoms with van der Waals surface area (Å²) in [7, 11) is -2.34. The van der Waals surface area contributed by atoms with Gasteiger partial charge in [-0.05, 0) is 37.7 Å². The van der Waals surface area contributed by atoms with Gasteiger partial charge in [0.2, 0.25) is 0 Å². The van der Waals surface area contributed by atoms with Gasteiger partial charge in [0.1, 0.15) is 31.6 Å². The molecule has 3 aromatic carbocycles. The molecule has 0 aliphatic carbocycles. The molecule has 0 radical (unpaired) electrons. The minimum absolute atomic E-state index is 0.0557. The van der Waals surface area contributed by atoms with Gasteiger partial charge >= 0.3 is 6.18 Å². The number of ether oxygens (including phenoxy) is 1. The van der Waals surface area contributed by atoms with Crippen LogP contribution in [0, 0.1) is 0 Å². The molecule has 2 aromatic heterocycles. The second kappa shape index (κ2) is 9.99. The van der Waals surface area contributed by atoms with E-state index in [9.17, 15) is 21.6 Å². The maximum atomic E-state index is 13.7. The molecule has 6 rings (SSSR count). The molecule has 1 aliphatic heterocycles. The number of hydrogen-bond donors (Lipinski definition) is 1. The molecular weight excluding hydrogens is 585 g/mol. The molecular formula is C28H22ClF3N2O4S2. The molecule has 40 heavy (non-hydrogen) atoms. The highest BCUT2D eigenvalue weighted by atomic mass is 35.5. The molecule has 3 heterocycles. The van der Waals surface area contributed by atoms with Crippen molar-refractivity contribution in [2.75, 3.05) is 24.9 Å². The summed E-state index contributed by atoms with van der Waals surface area (Å²) in [6, 6.07) is 17.5. The average Bonchev–Trinajstić information content (AvgIpc) is 3.59. The summed E-state index contributed by atoms with van der Waals surface area (Å²) in [5, 5.41) is 1.79. The Morgan fingerprint density at radius 1 is 1.05 bits per heavy atom. The largest absolute Gasteiger partial charge is 0.488 e. The zero-order chi connectivity index (χ0) is 28.2. The molecule has 1 fully saturated rings. The van der Waals surface area contributed by atoms with Gasteiger partial charge in [0.15, 0.2) is 0 Å². The van der Waals surface area contributed by atoms with Crippen LogP contribution in [0.3, 0.4) is 0 Å². The number of benzene rings is 3. The van der Waals surface area contributed by atoms with E-state index < -0.39 is 33.6 Å². The smallest absolute Gasteiger partial charge is 0.419 e. The number of alkyl halides is 3. The summed E-state index contributed by atoms with van der Waals surface area (Å²) in [6.45, 7) is 1.17. The molecule has 1 saturated heterocycles. The van der Waals surface area contributed by atoms with E-state index in [1.807, 2.05) is 48.3 Å². The van der Waals surface area contributed by atoms with Crippen LogP contribution in [0.4, 0.5) is 18.9 Å². The number of anilines is 1. The summed E-state index contributed by atoms with van der Waals surface area (Å²) >= 11 is 7.37. The summed E-state index contributed by atoms with van der Waals surface area (Å²) in [5.41, 5.74) is 1.34. The van der Waals surface area contributed by atoms with Crippen LogP contribution in [0.15, 0.2) is 75.4 Å². The van der Waals surface area contributed by atoms with Gasteiger partial charge in [0.05, 0.1) is 11.3 Å². The van der Waals surface area contributed by atoms with Crippen LogP contribution in [0.25, 0.3) is 33.1 Å². The molecule has 1 N–H and O–H groups in total. The Kier molecular flexibility index (Phi) is 6.73. The van der Waals surface area contributed by atoms with E-state index in [0.29, 0.717) is 41.8 Å². The van der Waals surface area contributed by atoms with Crippen LogP contribution in [-0.4, -0.2) is 39.6 Å². The van der Waals surface area contributed by atoms with Crippen LogP contribution >= 0.6 is 22.9 Å². The fourth-order valence-electron chi connectivity index (χ4n) is 4.92. The number of likely N-dealkylation sites (N-methyl/N-ethyl adjacent to an activating group) is 1. The number of rotatable bonds is 6. The van der Waals surface area contributed by atoms with Crippen molar-refractivity contribution in [2.24, 2.45) is 0 Å². The van der Waals surface area contributed by atoms with E-state index in [2.05, 4.69) is 4.72 Å². The van der Waals surface area contributed by atoms with Crippen LogP contribution in [0.1, 0.15) is 12.0 Å². The maximum absolute atomic E-state index is 13.7. The molecule has 0 saturated carbocycles. The predicted molar refractivity (Wildman–Crippen MR) is 151 cm³/mol. The maximum Gasteiger partial charge on any atom is 0.419 e. The molecule has 1 aliphatic rings. The lowest BCUT2D eigenvalue weighted by Gasteiger charge is -2.19. The van der Waals surface area contributed by atoms with Crippen molar-refractivity contribution in [3.63, 3.8) is 0 Å². The van der Waals surface area contributed by atoms with Gasteiger partial charge in [0.25, 0.3) is 10.0 Å². The molecule has 0 spiro atoms. The average molecular weight is 607 g/mol. The van der Waals surface area contributed by atoms with E-state index in [1.54, 1.807) is 6.07 Å². The highest BCUT2D eigenvalue weighted by Crippen LogP contribution is 2.44. The van der Waals surface area contributed by atoms with Crippen molar-refractivity contribution in [3.8, 4) is 16.9 Å². The first-order valence-electron chi connectivity index (χ1n) is 12.3. The van der Waals surface area contributed by atoms with Crippen molar-refractivity contribution in [1.82, 2.24) is 4.90 Å². The third kappa shape index (κ3) is 5.03. The fraction of sp³-hybridized carbons (Fsp3) is 0.214. The highest BCUT2D eigenvalue weighted by Gasteiger charge is 2.36. The Balaban J connectivity index is 1.33. The molecule has 12 heteroatoms. The lowest BCUT2D eigenvalue weighted by molar-refractivity contribution is -0.139. The van der Waals surface area contributed by atoms with Crippen LogP contribution < -0.4 is 9.46 Å². The van der Waals surface area contributed by atoms with Gasteiger partial charge in [0, 0.05) is 41.1 Å². The van der Waals surface area contributed by atoms with Gasteiger partial charge < -0.3 is 14.1 Å². The Morgan fingerprint density at radius 2 is 1.82 bits per heavy atom. The lowest BCUT2D eigenvalue weighted by Crippen LogP contribution is -2.23. The van der Waals surface area contributed by atoms with Gasteiger partial charge in [-0.3, -0.25) is 4.72 Å². The molecule has 0 bridgehead atoms. The van der Waals surface area contributed by atoms with Gasteiger partial charge in [-0.2, -0.15) is 13.2 Å². The number of nitrogens with zero attached hydrogens (tertiary/aromatic N) is 1. The van der Waals surface area contributed by atoms with E-state index in [4.69, 9.17) is 20.8 Å². The van der Waals surface area contributed by atoms with Crippen LogP contribution in [0.2, 0.25) is 4.34 Å². The molecule has 5 aromatic rings. The summed E-state index contributed by atoms with van der Waals surface area (Å²) in [6.07, 6.45) is -4.53. The lowest BCUT2D eigenvalue weighted by atomic mass is 10.1. The second-order valence-electron chi connectivity index (χ2n) is 9.64. The van der Waals surface area contributed by atoms with E-state index in [1.165, 1.54) is 6.07 Å². The van der Waals surface area contributed by atoms with Crippen LogP contribution in [-0.2, 0) is 16.2 Å². The molecule has 1 atom stereocenters. The zero-order valence-corrected chi connectivity index (χ0v) is 23.3. The third-order valence-electron chi connectivity index (χ3n) is 6.80. The molecule has 0 unspecified atom stereocenters. The van der Waals surface area contributed by atoms with Gasteiger partial charge in [-0.25, -0.2) is 8.42 Å². The zero-order valence-electron chi connectivity index (χ0n) is 21.0. The van der Waals surface area contributed by atoms with E-state index in [-0.39, 0.29) is 14.2 Å². The molecule has 6 nitrogen and oxygen atoms in total. The first-order chi connectivity index (χ1) is 19.0. The fourth-order valence-corrected chi connectivity index (χ4v) is 7.72. The number of likely N-dealkylation sites (tertiary alicyclic amines) is 1. The number of thiophene rings is 1. The summed E-state index contributed by atoms with van der Waals surface area (Å²) in [5.74, 6) is -0.422. The number of para-hydroxylation sites is 2. The number of halogens is 4. The van der Waals surface area contributed by atoms with Crippen molar-refractivity contribution in [2.45, 2.75) is 22.9 Å². The van der Waals surface area contributed by atoms with Crippen molar-refractivity contribution < 1.29 is 30.7 Å². The Morgan fingerprint density at radius 3 is 2.58 bits per heavy atom. The highest BCUT2D eigenvalue weighted by molar-refractivity contribution is 7.94. The normalized spacial score (nSPS) is 16.7. The number of furan rings is 1. The standard InChI is InChI=1S/C28H22ClF3N2O4S2/c1-34-12-11-17(15-34)37-24-13-16(9-10-22(24)28(30,31)32)33-40(35,36)25-14-21(27(29)39-25)20-7-4-6-19-18-5-2-3-8-23(18)38-26(19)20/h2-10,13-14,17,33H,11-12,15H2,1H3/t17-/m1/s1. The van der Waals surface area contributed by atoms with Crippen molar-refractivity contribution in [3.05, 3.63) is 76.6 Å². The van der Waals surface area contributed by atoms with E-state index >= 15 is 0 Å². The number of fused-ring (bicyclic) bond motifs is 3. The first-order valence-corrected chi connectivity index (χ1v) is 15.0. The van der Waals surface area contributed by atoms with Crippen molar-refractivity contribution in [1.29, 1.82) is 0 Å². The Hall–Kier alpha value is -3.25. The molecule has 208 valence electrons. The second-order valence-corrected chi connectivity index (χ2v) is 13.2. The third-order valence-corrected chi connectivity index (χ3v) is 10.0. The van der Waals surface area contributed by atoms with E-state index in [0.717, 1.165) is 40.3 Å². The first kappa shape index (κ1) is 26.9. The topological polar surface area (TPSA) is 71.8 Å². The summed E-state index contributed by atoms with van der Waals surface area (Å²) < 4.78 is 81.9. The quantitative estimate of drug-likeness (QED) is 0.213. The summed E-state index contributed by atoms with van der Waals surface area (Å²) in [4.78, 5) is 1.95. The van der Waals surface area contributed by atoms with Gasteiger partial charge in [-0.15, -0.1) is 11.3 Å². The van der Waals surface area contributed by atoms with Crippen LogP contribution in [0.5, 0.6) is 5.75 Å². The number of hydrogen-bond acceptors (Lipinski definition) is 6. The minimum Gasteiger partial charge on any atom is -0.488 e. The number of sulfonamides is 1. The van der Waals surface area contributed by atoms with Crippen molar-refractivity contribution >= 4 is 60.6 Å². The molecule has 0 amide bonds. The Labute approximate surface area is 237 Å². The predicted octanol–water partition coefficient (Wildman–Crippen LogP) is 7.87. The number of nitrogens with one attached hydrogen (secondary N) is 1. The SMILES string of the molecule is CN1CC[C@@H](Oc2cc(NS(=O)(=O)c3cc(-c4cccc5c4oc4ccccc45)c(Cl)s3)ccc2C(F)(F)F)C1.